The van der Waals surface area contributed by atoms with E-state index >= 15 is 0 Å². The van der Waals surface area contributed by atoms with E-state index in [1.807, 2.05) is 26.1 Å². The molecule has 2 aromatic rings. The minimum atomic E-state index is 0. The van der Waals surface area contributed by atoms with Crippen LogP contribution in [0.1, 0.15) is 43.1 Å². The first-order valence-electron chi connectivity index (χ1n) is 10.0. The number of ether oxygens (including phenoxy) is 2. The highest BCUT2D eigenvalue weighted by Gasteiger charge is 2.07. The van der Waals surface area contributed by atoms with Crippen molar-refractivity contribution >= 4 is 41.3 Å². The van der Waals surface area contributed by atoms with Crippen LogP contribution in [0.25, 0.3) is 0 Å². The molecule has 1 heterocycles. The number of nitrogens with zero attached hydrogens (tertiary/aromatic N) is 2. The molecule has 0 aliphatic rings. The Labute approximate surface area is 195 Å². The number of thiazole rings is 1. The summed E-state index contributed by atoms with van der Waals surface area (Å²) in [7, 11) is 0. The van der Waals surface area contributed by atoms with Crippen LogP contribution in [0.15, 0.2) is 29.4 Å². The molecule has 1 aromatic heterocycles. The van der Waals surface area contributed by atoms with Gasteiger partial charge in [-0.05, 0) is 51.3 Å². The topological polar surface area (TPSA) is 67.8 Å². The van der Waals surface area contributed by atoms with Crippen molar-refractivity contribution in [2.24, 2.45) is 4.99 Å². The zero-order valence-corrected chi connectivity index (χ0v) is 20.9. The highest BCUT2D eigenvalue weighted by Crippen LogP contribution is 2.28. The van der Waals surface area contributed by atoms with Gasteiger partial charge in [0.05, 0.1) is 19.8 Å². The molecule has 0 aliphatic carbocycles. The number of aromatic nitrogens is 1. The highest BCUT2D eigenvalue weighted by molar-refractivity contribution is 14.0. The molecule has 0 atom stereocenters. The van der Waals surface area contributed by atoms with E-state index in [1.54, 1.807) is 11.3 Å². The van der Waals surface area contributed by atoms with Crippen molar-refractivity contribution in [3.05, 3.63) is 39.8 Å². The highest BCUT2D eigenvalue weighted by atomic mass is 127. The summed E-state index contributed by atoms with van der Waals surface area (Å²) in [5.41, 5.74) is 1.20. The number of hydrogen-bond donors (Lipinski definition) is 2. The van der Waals surface area contributed by atoms with Crippen molar-refractivity contribution in [3.8, 4) is 11.5 Å². The van der Waals surface area contributed by atoms with Gasteiger partial charge in [-0.3, -0.25) is 0 Å². The quantitative estimate of drug-likeness (QED) is 0.255. The summed E-state index contributed by atoms with van der Waals surface area (Å²) in [5, 5.41) is 7.73. The van der Waals surface area contributed by atoms with Gasteiger partial charge in [0, 0.05) is 24.2 Å². The van der Waals surface area contributed by atoms with E-state index < -0.39 is 0 Å². The van der Waals surface area contributed by atoms with Gasteiger partial charge in [-0.15, -0.1) is 35.3 Å². The van der Waals surface area contributed by atoms with Gasteiger partial charge in [0.1, 0.15) is 5.01 Å². The molecule has 8 heteroatoms. The number of benzene rings is 1. The maximum Gasteiger partial charge on any atom is 0.191 e. The molecule has 29 heavy (non-hydrogen) atoms. The van der Waals surface area contributed by atoms with Gasteiger partial charge in [-0.1, -0.05) is 13.0 Å². The lowest BCUT2D eigenvalue weighted by molar-refractivity contribution is 0.287. The summed E-state index contributed by atoms with van der Waals surface area (Å²) in [6.45, 7) is 11.6. The average molecular weight is 532 g/mol. The van der Waals surface area contributed by atoms with Crippen molar-refractivity contribution in [1.29, 1.82) is 0 Å². The van der Waals surface area contributed by atoms with Crippen molar-refractivity contribution in [3.63, 3.8) is 0 Å². The van der Waals surface area contributed by atoms with E-state index in [4.69, 9.17) is 9.47 Å². The van der Waals surface area contributed by atoms with E-state index in [-0.39, 0.29) is 24.0 Å². The van der Waals surface area contributed by atoms with Crippen molar-refractivity contribution in [2.45, 2.75) is 47.1 Å². The van der Waals surface area contributed by atoms with E-state index in [1.165, 1.54) is 10.4 Å². The Morgan fingerprint density at radius 3 is 2.48 bits per heavy atom. The fourth-order valence-electron chi connectivity index (χ4n) is 2.65. The second kappa shape index (κ2) is 14.4. The summed E-state index contributed by atoms with van der Waals surface area (Å²) >= 11 is 1.73. The minimum Gasteiger partial charge on any atom is -0.490 e. The fraction of sp³-hybridized carbons (Fsp3) is 0.524. The summed E-state index contributed by atoms with van der Waals surface area (Å²) in [6.07, 6.45) is 3.83. The van der Waals surface area contributed by atoms with Crippen LogP contribution in [-0.4, -0.2) is 37.2 Å². The SMILES string of the molecule is CCNC(=NCc1ncc(CC)s1)NCCc1ccc(OCC)c(OCC)c1.I. The number of aliphatic imine (C=N–C) groups is 1. The van der Waals surface area contributed by atoms with Crippen molar-refractivity contribution in [1.82, 2.24) is 15.6 Å². The second-order valence-electron chi connectivity index (χ2n) is 6.09. The molecule has 162 valence electrons. The molecule has 0 bridgehead atoms. The van der Waals surface area contributed by atoms with Crippen LogP contribution in [0, 0.1) is 0 Å². The molecule has 0 saturated heterocycles. The zero-order chi connectivity index (χ0) is 20.2. The third-order valence-corrected chi connectivity index (χ3v) is 5.11. The van der Waals surface area contributed by atoms with Gasteiger partial charge in [0.2, 0.25) is 0 Å². The summed E-state index contributed by atoms with van der Waals surface area (Å²) in [6, 6.07) is 6.13. The first-order chi connectivity index (χ1) is 13.7. The summed E-state index contributed by atoms with van der Waals surface area (Å²) in [4.78, 5) is 10.4. The van der Waals surface area contributed by atoms with Crippen molar-refractivity contribution in [2.75, 3.05) is 26.3 Å². The number of guanidine groups is 1. The van der Waals surface area contributed by atoms with E-state index in [2.05, 4.69) is 46.6 Å². The lowest BCUT2D eigenvalue weighted by Gasteiger charge is -2.14. The summed E-state index contributed by atoms with van der Waals surface area (Å²) in [5.74, 6) is 2.41. The maximum atomic E-state index is 5.71. The van der Waals surface area contributed by atoms with Gasteiger partial charge in [-0.25, -0.2) is 9.98 Å². The Balaban J connectivity index is 0.00000420. The number of nitrogens with one attached hydrogen (secondary N) is 2. The van der Waals surface area contributed by atoms with Crippen LogP contribution in [0.2, 0.25) is 0 Å². The second-order valence-corrected chi connectivity index (χ2v) is 7.29. The smallest absolute Gasteiger partial charge is 0.191 e. The molecule has 0 aliphatic heterocycles. The number of halogens is 1. The largest absolute Gasteiger partial charge is 0.490 e. The Kier molecular flexibility index (Phi) is 12.7. The Morgan fingerprint density at radius 1 is 1.07 bits per heavy atom. The molecule has 2 rings (SSSR count). The standard InChI is InChI=1S/C21H32N4O2S.HI/c1-5-17-14-24-20(28-17)15-25-21(22-6-2)23-12-11-16-9-10-18(26-7-3)19(13-16)27-8-4;/h9-10,13-14H,5-8,11-12,15H2,1-4H3,(H2,22,23,25);1H. The predicted molar refractivity (Wildman–Crippen MR) is 132 cm³/mol. The Morgan fingerprint density at radius 2 is 1.83 bits per heavy atom. The van der Waals surface area contributed by atoms with E-state index in [9.17, 15) is 0 Å². The molecule has 6 nitrogen and oxygen atoms in total. The first kappa shape index (κ1) is 25.5. The van der Waals surface area contributed by atoms with Crippen LogP contribution in [-0.2, 0) is 19.4 Å². The van der Waals surface area contributed by atoms with Gasteiger partial charge >= 0.3 is 0 Å². The molecule has 1 aromatic carbocycles. The zero-order valence-electron chi connectivity index (χ0n) is 17.8. The lowest BCUT2D eigenvalue weighted by Crippen LogP contribution is -2.38. The van der Waals surface area contributed by atoms with Gasteiger partial charge in [0.15, 0.2) is 17.5 Å². The molecule has 0 amide bonds. The van der Waals surface area contributed by atoms with Gasteiger partial charge in [-0.2, -0.15) is 0 Å². The molecule has 0 saturated carbocycles. The van der Waals surface area contributed by atoms with E-state index in [0.717, 1.165) is 48.4 Å². The van der Waals surface area contributed by atoms with E-state index in [0.29, 0.717) is 19.8 Å². The first-order valence-corrected chi connectivity index (χ1v) is 10.9. The van der Waals surface area contributed by atoms with Crippen molar-refractivity contribution < 1.29 is 9.47 Å². The molecular formula is C21H33IN4O2S. The molecule has 0 fully saturated rings. The Bertz CT molecular complexity index is 752. The lowest BCUT2D eigenvalue weighted by atomic mass is 10.1. The van der Waals surface area contributed by atoms with Gasteiger partial charge in [0.25, 0.3) is 0 Å². The van der Waals surface area contributed by atoms with Gasteiger partial charge < -0.3 is 20.1 Å². The number of hydrogen-bond acceptors (Lipinski definition) is 5. The summed E-state index contributed by atoms with van der Waals surface area (Å²) < 4.78 is 11.3. The number of rotatable bonds is 11. The molecule has 0 radical (unpaired) electrons. The normalized spacial score (nSPS) is 11.0. The Hall–Kier alpha value is -1.55. The predicted octanol–water partition coefficient (Wildman–Crippen LogP) is 4.42. The van der Waals surface area contributed by atoms with Crippen LogP contribution in [0.3, 0.4) is 0 Å². The van der Waals surface area contributed by atoms with Crippen LogP contribution < -0.4 is 20.1 Å². The monoisotopic (exact) mass is 532 g/mol. The minimum absolute atomic E-state index is 0. The van der Waals surface area contributed by atoms with Crippen LogP contribution >= 0.6 is 35.3 Å². The molecule has 0 unspecified atom stereocenters. The molecule has 0 spiro atoms. The average Bonchev–Trinajstić information content (AvgIpc) is 3.16. The third kappa shape index (κ3) is 8.77. The number of aryl methyl sites for hydroxylation is 1. The third-order valence-electron chi connectivity index (χ3n) is 3.98. The molecule has 2 N–H and O–H groups in total. The van der Waals surface area contributed by atoms with Crippen LogP contribution in [0.4, 0.5) is 0 Å². The maximum absolute atomic E-state index is 5.71. The fourth-order valence-corrected chi connectivity index (χ4v) is 3.44. The molecular weight excluding hydrogens is 499 g/mol. The van der Waals surface area contributed by atoms with Crippen LogP contribution in [0.5, 0.6) is 11.5 Å².